The Labute approximate surface area is 156 Å². The van der Waals surface area contributed by atoms with E-state index >= 15 is 0 Å². The van der Waals surface area contributed by atoms with Crippen molar-refractivity contribution in [1.29, 1.82) is 0 Å². The average molecular weight is 365 g/mol. The van der Waals surface area contributed by atoms with E-state index in [0.29, 0.717) is 22.8 Å². The summed E-state index contributed by atoms with van der Waals surface area (Å²) in [4.78, 5) is 21.1. The van der Waals surface area contributed by atoms with Crippen molar-refractivity contribution in [2.45, 2.75) is 39.3 Å². The Morgan fingerprint density at radius 1 is 1.19 bits per heavy atom. The first-order valence-corrected chi connectivity index (χ1v) is 9.06. The number of carbonyl (C=O) groups excluding carboxylic acids is 1. The van der Waals surface area contributed by atoms with Crippen molar-refractivity contribution in [2.75, 3.05) is 5.32 Å². The van der Waals surface area contributed by atoms with E-state index in [1.165, 1.54) is 6.20 Å². The molecule has 3 aromatic rings. The summed E-state index contributed by atoms with van der Waals surface area (Å²) < 4.78 is 19.1. The van der Waals surface area contributed by atoms with E-state index in [9.17, 15) is 9.18 Å². The Balaban J connectivity index is 1.59. The zero-order chi connectivity index (χ0) is 18.8. The van der Waals surface area contributed by atoms with Crippen molar-refractivity contribution in [3.8, 4) is 11.3 Å². The predicted octanol–water partition coefficient (Wildman–Crippen LogP) is 4.65. The van der Waals surface area contributed by atoms with E-state index < -0.39 is 6.67 Å². The van der Waals surface area contributed by atoms with Crippen molar-refractivity contribution >= 4 is 11.7 Å². The average Bonchev–Trinajstić information content (AvgIpc) is 3.07. The van der Waals surface area contributed by atoms with Gasteiger partial charge in [0.15, 0.2) is 5.82 Å². The highest BCUT2D eigenvalue weighted by Crippen LogP contribution is 2.36. The summed E-state index contributed by atoms with van der Waals surface area (Å²) in [7, 11) is 0. The number of fused-ring (bicyclic) bond motifs is 1. The number of hydrogen-bond donors (Lipinski definition) is 1. The lowest BCUT2D eigenvalue weighted by atomic mass is 9.93. The molecule has 6 heteroatoms. The van der Waals surface area contributed by atoms with Gasteiger partial charge in [-0.1, -0.05) is 18.2 Å². The quantitative estimate of drug-likeness (QED) is 0.731. The second kappa shape index (κ2) is 7.31. The van der Waals surface area contributed by atoms with Crippen LogP contribution in [0.3, 0.4) is 0 Å². The summed E-state index contributed by atoms with van der Waals surface area (Å²) in [6.07, 6.45) is 6.87. The monoisotopic (exact) mass is 365 g/mol. The number of nitrogens with one attached hydrogen (secondary N) is 1. The van der Waals surface area contributed by atoms with Crippen LogP contribution in [0.15, 0.2) is 41.1 Å². The zero-order valence-corrected chi connectivity index (χ0v) is 15.1. The highest BCUT2D eigenvalue weighted by Gasteiger charge is 2.24. The second-order valence-corrected chi connectivity index (χ2v) is 6.70. The molecule has 0 saturated heterocycles. The predicted molar refractivity (Wildman–Crippen MR) is 100 cm³/mol. The van der Waals surface area contributed by atoms with Crippen LogP contribution in [0, 0.1) is 6.92 Å². The first-order chi connectivity index (χ1) is 13.2. The van der Waals surface area contributed by atoms with Gasteiger partial charge in [0.25, 0.3) is 5.91 Å². The third-order valence-electron chi connectivity index (χ3n) is 4.90. The Bertz CT molecular complexity index is 980. The highest BCUT2D eigenvalue weighted by atomic mass is 19.1. The van der Waals surface area contributed by atoms with Crippen LogP contribution in [0.2, 0.25) is 0 Å². The summed E-state index contributed by atoms with van der Waals surface area (Å²) in [5.41, 5.74) is 3.81. The van der Waals surface area contributed by atoms with Crippen LogP contribution in [0.5, 0.6) is 0 Å². The van der Waals surface area contributed by atoms with Crippen LogP contribution in [0.4, 0.5) is 10.2 Å². The minimum absolute atomic E-state index is 0.236. The number of aromatic nitrogens is 2. The van der Waals surface area contributed by atoms with E-state index in [1.54, 1.807) is 12.3 Å². The van der Waals surface area contributed by atoms with Crippen LogP contribution < -0.4 is 5.32 Å². The van der Waals surface area contributed by atoms with Gasteiger partial charge in [0, 0.05) is 23.1 Å². The van der Waals surface area contributed by atoms with Crippen molar-refractivity contribution in [3.63, 3.8) is 0 Å². The van der Waals surface area contributed by atoms with Crippen molar-refractivity contribution in [2.24, 2.45) is 0 Å². The molecular weight excluding hydrogens is 345 g/mol. The molecule has 1 aliphatic rings. The molecule has 0 spiro atoms. The summed E-state index contributed by atoms with van der Waals surface area (Å²) in [5, 5.41) is 2.75. The third kappa shape index (κ3) is 3.35. The number of nitrogens with zero attached hydrogens (tertiary/aromatic N) is 2. The molecule has 0 aliphatic heterocycles. The van der Waals surface area contributed by atoms with Gasteiger partial charge >= 0.3 is 0 Å². The normalized spacial score (nSPS) is 13.3. The molecule has 138 valence electrons. The number of furan rings is 1. The number of rotatable bonds is 4. The molecule has 1 aliphatic carbocycles. The van der Waals surface area contributed by atoms with Crippen molar-refractivity contribution < 1.29 is 13.6 Å². The molecule has 0 fully saturated rings. The van der Waals surface area contributed by atoms with Gasteiger partial charge in [-0.2, -0.15) is 0 Å². The smallest absolute Gasteiger partial charge is 0.257 e. The molecule has 0 radical (unpaired) electrons. The molecule has 1 aromatic carbocycles. The number of hydrogen-bond acceptors (Lipinski definition) is 4. The van der Waals surface area contributed by atoms with E-state index in [4.69, 9.17) is 4.42 Å². The van der Waals surface area contributed by atoms with Gasteiger partial charge in [-0.3, -0.25) is 9.78 Å². The number of halogens is 1. The van der Waals surface area contributed by atoms with Gasteiger partial charge in [-0.05, 0) is 37.8 Å². The lowest BCUT2D eigenvalue weighted by Crippen LogP contribution is -2.14. The Hall–Kier alpha value is -3.02. The third-order valence-corrected chi connectivity index (χ3v) is 4.90. The number of carbonyl (C=O) groups is 1. The van der Waals surface area contributed by atoms with Crippen LogP contribution in [0.25, 0.3) is 11.3 Å². The topological polar surface area (TPSA) is 68.0 Å². The first-order valence-electron chi connectivity index (χ1n) is 9.06. The summed E-state index contributed by atoms with van der Waals surface area (Å²) in [6, 6.07) is 7.34. The maximum atomic E-state index is 13.4. The molecule has 1 amide bonds. The highest BCUT2D eigenvalue weighted by molar-refractivity contribution is 6.04. The van der Waals surface area contributed by atoms with Crippen LogP contribution in [-0.4, -0.2) is 15.9 Å². The van der Waals surface area contributed by atoms with E-state index in [0.717, 1.165) is 48.1 Å². The fraction of sp³-hybridized carbons (Fsp3) is 0.286. The van der Waals surface area contributed by atoms with Gasteiger partial charge < -0.3 is 9.73 Å². The van der Waals surface area contributed by atoms with Crippen molar-refractivity contribution in [1.82, 2.24) is 9.97 Å². The summed E-state index contributed by atoms with van der Waals surface area (Å²) in [5.74, 6) is 1.29. The van der Waals surface area contributed by atoms with Crippen LogP contribution >= 0.6 is 0 Å². The fourth-order valence-corrected chi connectivity index (χ4v) is 3.55. The van der Waals surface area contributed by atoms with Gasteiger partial charge in [-0.15, -0.1) is 0 Å². The van der Waals surface area contributed by atoms with Crippen molar-refractivity contribution in [3.05, 3.63) is 64.9 Å². The molecule has 0 unspecified atom stereocenters. The molecule has 2 aromatic heterocycles. The van der Waals surface area contributed by atoms with E-state index in [-0.39, 0.29) is 5.91 Å². The molecule has 5 nitrogen and oxygen atoms in total. The number of alkyl halides is 1. The van der Waals surface area contributed by atoms with Crippen LogP contribution in [0.1, 0.15) is 45.8 Å². The van der Waals surface area contributed by atoms with Crippen LogP contribution in [-0.2, 0) is 19.5 Å². The van der Waals surface area contributed by atoms with E-state index in [2.05, 4.69) is 15.3 Å². The maximum absolute atomic E-state index is 13.4. The number of amides is 1. The van der Waals surface area contributed by atoms with Gasteiger partial charge in [0.1, 0.15) is 18.2 Å². The molecule has 1 N–H and O–H groups in total. The molecular formula is C21H20FN3O2. The standard InChI is InChI=1S/C21H20FN3O2/c1-13-6-2-3-7-14(13)21(26)25-19-12-23-16(11-24-19)20-15-8-4-5-9-17(15)27-18(20)10-22/h2-3,6-7,11-12H,4-5,8-10H2,1H3,(H,24,25,26). The number of benzene rings is 1. The first kappa shape index (κ1) is 17.4. The van der Waals surface area contributed by atoms with Gasteiger partial charge in [0.2, 0.25) is 0 Å². The Morgan fingerprint density at radius 2 is 2.00 bits per heavy atom. The second-order valence-electron chi connectivity index (χ2n) is 6.70. The van der Waals surface area contributed by atoms with E-state index in [1.807, 2.05) is 25.1 Å². The molecule has 0 bridgehead atoms. The molecule has 27 heavy (non-hydrogen) atoms. The Kier molecular flexibility index (Phi) is 4.71. The SMILES string of the molecule is Cc1ccccc1C(=O)Nc1cnc(-c2c(CF)oc3c2CCCC3)cn1. The molecule has 2 heterocycles. The largest absolute Gasteiger partial charge is 0.462 e. The summed E-state index contributed by atoms with van der Waals surface area (Å²) in [6.45, 7) is 1.21. The Morgan fingerprint density at radius 3 is 2.74 bits per heavy atom. The maximum Gasteiger partial charge on any atom is 0.257 e. The molecule has 4 rings (SSSR count). The molecule has 0 atom stereocenters. The minimum atomic E-state index is -0.671. The number of aryl methyl sites for hydroxylation is 2. The minimum Gasteiger partial charge on any atom is -0.462 e. The summed E-state index contributed by atoms with van der Waals surface area (Å²) >= 11 is 0. The van der Waals surface area contributed by atoms with Gasteiger partial charge in [0.05, 0.1) is 18.1 Å². The number of anilines is 1. The lowest BCUT2D eigenvalue weighted by molar-refractivity contribution is 0.102. The van der Waals surface area contributed by atoms with Gasteiger partial charge in [-0.25, -0.2) is 9.37 Å². The zero-order valence-electron chi connectivity index (χ0n) is 15.1. The fourth-order valence-electron chi connectivity index (χ4n) is 3.55. The lowest BCUT2D eigenvalue weighted by Gasteiger charge is -2.11. The molecule has 0 saturated carbocycles.